The van der Waals surface area contributed by atoms with E-state index in [1.807, 2.05) is 39.6 Å². The molecule has 3 heterocycles. The number of carbonyl (C=O) groups is 2. The second-order valence-corrected chi connectivity index (χ2v) is 14.8. The SMILES string of the molecule is CNC(C)C(O)COC1CCC2CN(C[C@@H](O)CNC(=O)C3CC(NC4CCN(C(=O)C(C)(C)C)CC4)NCN3)CCC2C1. The third kappa shape index (κ3) is 10.3. The van der Waals surface area contributed by atoms with Gasteiger partial charge >= 0.3 is 0 Å². The zero-order valence-corrected chi connectivity index (χ0v) is 27.8. The Hall–Kier alpha value is -1.38. The molecule has 4 rings (SSSR count). The summed E-state index contributed by atoms with van der Waals surface area (Å²) in [7, 11) is 1.85. The lowest BCUT2D eigenvalue weighted by molar-refractivity contribution is -0.140. The van der Waals surface area contributed by atoms with Crippen LogP contribution in [0.1, 0.15) is 72.6 Å². The number of carbonyl (C=O) groups excluding carboxylic acids is 2. The maximum Gasteiger partial charge on any atom is 0.237 e. The lowest BCUT2D eigenvalue weighted by atomic mass is 9.74. The Morgan fingerprint density at radius 3 is 2.45 bits per heavy atom. The lowest BCUT2D eigenvalue weighted by Crippen LogP contribution is -2.62. The molecule has 0 aromatic rings. The number of β-amino-alcohol motifs (C(OH)–C–C–N with tert-alkyl or cyclic N) is 1. The normalized spacial score (nSPS) is 31.2. The number of aliphatic hydroxyl groups is 2. The van der Waals surface area contributed by atoms with Gasteiger partial charge in [0.1, 0.15) is 0 Å². The van der Waals surface area contributed by atoms with Crippen LogP contribution in [0, 0.1) is 17.3 Å². The Morgan fingerprint density at radius 2 is 1.75 bits per heavy atom. The van der Waals surface area contributed by atoms with Crippen molar-refractivity contribution < 1.29 is 24.5 Å². The number of likely N-dealkylation sites (N-methyl/N-ethyl adjacent to an activating group) is 1. The summed E-state index contributed by atoms with van der Waals surface area (Å²) in [5.74, 6) is 1.38. The Kier molecular flexibility index (Phi) is 13.3. The molecule has 8 atom stereocenters. The molecule has 0 bridgehead atoms. The van der Waals surface area contributed by atoms with E-state index in [-0.39, 0.29) is 48.1 Å². The molecule has 12 nitrogen and oxygen atoms in total. The van der Waals surface area contributed by atoms with Crippen LogP contribution in [0.5, 0.6) is 0 Å². The largest absolute Gasteiger partial charge is 0.390 e. The molecule has 4 fully saturated rings. The van der Waals surface area contributed by atoms with Crippen LogP contribution in [0.4, 0.5) is 0 Å². The van der Waals surface area contributed by atoms with Gasteiger partial charge in [-0.3, -0.25) is 25.5 Å². The van der Waals surface area contributed by atoms with Crippen molar-refractivity contribution in [1.82, 2.24) is 36.4 Å². The minimum absolute atomic E-state index is 0.0161. The molecule has 4 aliphatic rings. The first-order valence-electron chi connectivity index (χ1n) is 17.1. The molecule has 3 aliphatic heterocycles. The minimum Gasteiger partial charge on any atom is -0.390 e. The number of nitrogens with one attached hydrogen (secondary N) is 5. The van der Waals surface area contributed by atoms with Crippen molar-refractivity contribution in [2.45, 2.75) is 115 Å². The molecule has 1 saturated carbocycles. The van der Waals surface area contributed by atoms with Crippen LogP contribution < -0.4 is 26.6 Å². The van der Waals surface area contributed by atoms with Crippen LogP contribution in [0.15, 0.2) is 0 Å². The smallest absolute Gasteiger partial charge is 0.237 e. The highest BCUT2D eigenvalue weighted by Crippen LogP contribution is 2.37. The van der Waals surface area contributed by atoms with Crippen molar-refractivity contribution in [3.05, 3.63) is 0 Å². The van der Waals surface area contributed by atoms with Gasteiger partial charge in [-0.1, -0.05) is 20.8 Å². The first-order chi connectivity index (χ1) is 20.9. The number of piperidine rings is 2. The molecule has 7 N–H and O–H groups in total. The zero-order valence-electron chi connectivity index (χ0n) is 27.8. The topological polar surface area (TPSA) is 150 Å². The second kappa shape index (κ2) is 16.4. The summed E-state index contributed by atoms with van der Waals surface area (Å²) in [4.78, 5) is 29.9. The Bertz CT molecular complexity index is 912. The van der Waals surface area contributed by atoms with E-state index < -0.39 is 12.2 Å². The number of amides is 2. The number of aliphatic hydroxyl groups excluding tert-OH is 2. The van der Waals surface area contributed by atoms with E-state index in [1.165, 1.54) is 0 Å². The first kappa shape index (κ1) is 35.5. The number of hydrogen-bond acceptors (Lipinski definition) is 10. The molecule has 3 saturated heterocycles. The first-order valence-corrected chi connectivity index (χ1v) is 17.1. The molecule has 0 aromatic heterocycles. The minimum atomic E-state index is -0.609. The van der Waals surface area contributed by atoms with E-state index in [1.54, 1.807) is 0 Å². The average Bonchev–Trinajstić information content (AvgIpc) is 3.01. The van der Waals surface area contributed by atoms with Gasteiger partial charge in [-0.25, -0.2) is 0 Å². The molecule has 2 amide bonds. The molecule has 44 heavy (non-hydrogen) atoms. The van der Waals surface area contributed by atoms with Crippen molar-refractivity contribution in [2.75, 3.05) is 59.6 Å². The van der Waals surface area contributed by atoms with E-state index in [9.17, 15) is 19.8 Å². The van der Waals surface area contributed by atoms with Gasteiger partial charge in [0.15, 0.2) is 0 Å². The summed E-state index contributed by atoms with van der Waals surface area (Å²) in [5.41, 5.74) is -0.353. The fourth-order valence-corrected chi connectivity index (χ4v) is 7.28. The van der Waals surface area contributed by atoms with Gasteiger partial charge in [0.05, 0.1) is 37.1 Å². The predicted molar refractivity (Wildman–Crippen MR) is 171 cm³/mol. The number of nitrogens with zero attached hydrogens (tertiary/aromatic N) is 2. The van der Waals surface area contributed by atoms with Crippen molar-refractivity contribution in [3.63, 3.8) is 0 Å². The van der Waals surface area contributed by atoms with Gasteiger partial charge in [0.25, 0.3) is 0 Å². The highest BCUT2D eigenvalue weighted by Gasteiger charge is 2.36. The highest BCUT2D eigenvalue weighted by molar-refractivity contribution is 5.82. The second-order valence-electron chi connectivity index (χ2n) is 14.8. The fourth-order valence-electron chi connectivity index (χ4n) is 7.28. The van der Waals surface area contributed by atoms with Crippen LogP contribution in [-0.2, 0) is 14.3 Å². The summed E-state index contributed by atoms with van der Waals surface area (Å²) >= 11 is 0. The molecular formula is C32H61N7O5. The van der Waals surface area contributed by atoms with Gasteiger partial charge in [-0.05, 0) is 70.9 Å². The van der Waals surface area contributed by atoms with Crippen LogP contribution in [0.3, 0.4) is 0 Å². The van der Waals surface area contributed by atoms with Gasteiger partial charge in [-0.2, -0.15) is 0 Å². The quantitative estimate of drug-likeness (QED) is 0.156. The lowest BCUT2D eigenvalue weighted by Gasteiger charge is -2.44. The molecular weight excluding hydrogens is 562 g/mol. The van der Waals surface area contributed by atoms with Gasteiger partial charge < -0.3 is 35.4 Å². The third-order valence-electron chi connectivity index (χ3n) is 10.3. The number of ether oxygens (including phenoxy) is 1. The van der Waals surface area contributed by atoms with E-state index in [0.29, 0.717) is 44.1 Å². The summed E-state index contributed by atoms with van der Waals surface area (Å²) in [6.45, 7) is 13.0. The van der Waals surface area contributed by atoms with E-state index in [2.05, 4.69) is 31.5 Å². The third-order valence-corrected chi connectivity index (χ3v) is 10.3. The van der Waals surface area contributed by atoms with Gasteiger partial charge in [0.2, 0.25) is 11.8 Å². The summed E-state index contributed by atoms with van der Waals surface area (Å²) in [6, 6.07) is 0.00791. The van der Waals surface area contributed by atoms with E-state index in [4.69, 9.17) is 4.74 Å². The maximum absolute atomic E-state index is 13.0. The Labute approximate surface area is 264 Å². The molecule has 254 valence electrons. The molecule has 12 heteroatoms. The van der Waals surface area contributed by atoms with E-state index in [0.717, 1.165) is 64.7 Å². The van der Waals surface area contributed by atoms with Crippen LogP contribution in [-0.4, -0.2) is 134 Å². The Morgan fingerprint density at radius 1 is 1.00 bits per heavy atom. The van der Waals surface area contributed by atoms with Crippen molar-refractivity contribution in [3.8, 4) is 0 Å². The van der Waals surface area contributed by atoms with E-state index >= 15 is 0 Å². The molecule has 7 unspecified atom stereocenters. The number of likely N-dealkylation sites (tertiary alicyclic amines) is 2. The van der Waals surface area contributed by atoms with Gasteiger partial charge in [0, 0.05) is 63.3 Å². The van der Waals surface area contributed by atoms with Crippen LogP contribution in [0.25, 0.3) is 0 Å². The van der Waals surface area contributed by atoms with Crippen molar-refractivity contribution in [2.24, 2.45) is 17.3 Å². The Balaban J connectivity index is 1.10. The number of hydrogen-bond donors (Lipinski definition) is 7. The molecule has 0 aromatic carbocycles. The summed E-state index contributed by atoms with van der Waals surface area (Å²) < 4.78 is 6.07. The fraction of sp³-hybridized carbons (Fsp3) is 0.938. The molecule has 0 radical (unpaired) electrons. The van der Waals surface area contributed by atoms with Crippen molar-refractivity contribution in [1.29, 1.82) is 0 Å². The zero-order chi connectivity index (χ0) is 31.9. The number of fused-ring (bicyclic) bond motifs is 1. The summed E-state index contributed by atoms with van der Waals surface area (Å²) in [5, 5.41) is 37.3. The highest BCUT2D eigenvalue weighted by atomic mass is 16.5. The standard InChI is InChI=1S/C32H61N7O5/c1-21(33-5)28(41)19-44-26-7-6-23-17-38(11-8-22(23)14-26)18-25(40)16-34-30(42)27-15-29(36-20-35-27)37-24-9-12-39(13-10-24)31(43)32(2,3)4/h21-29,33,35-37,40-41H,6-20H2,1-5H3,(H,34,42)/t21?,22?,23?,25-,26?,27?,28?,29?/m0/s1. The van der Waals surface area contributed by atoms with Crippen molar-refractivity contribution >= 4 is 11.8 Å². The number of rotatable bonds is 12. The molecule has 0 spiro atoms. The predicted octanol–water partition coefficient (Wildman–Crippen LogP) is -0.199. The van der Waals surface area contributed by atoms with Crippen LogP contribution >= 0.6 is 0 Å². The summed E-state index contributed by atoms with van der Waals surface area (Å²) in [6.07, 6.45) is 5.85. The monoisotopic (exact) mass is 623 g/mol. The van der Waals surface area contributed by atoms with Gasteiger partial charge in [-0.15, -0.1) is 0 Å². The van der Waals surface area contributed by atoms with Crippen LogP contribution in [0.2, 0.25) is 0 Å². The molecule has 1 aliphatic carbocycles. The average molecular weight is 624 g/mol. The maximum atomic E-state index is 13.0.